The van der Waals surface area contributed by atoms with E-state index in [4.69, 9.17) is 0 Å². The van der Waals surface area contributed by atoms with Crippen LogP contribution >= 0.6 is 11.3 Å². The predicted octanol–water partition coefficient (Wildman–Crippen LogP) is 12.9. The molecule has 0 aromatic carbocycles. The van der Waals surface area contributed by atoms with E-state index in [9.17, 15) is 9.59 Å². The fourth-order valence-corrected chi connectivity index (χ4v) is 7.72. The first-order valence-corrected chi connectivity index (χ1v) is 18.7. The van der Waals surface area contributed by atoms with E-state index in [-0.39, 0.29) is 11.6 Å². The van der Waals surface area contributed by atoms with Gasteiger partial charge in [-0.15, -0.1) is 11.3 Å². The molecule has 240 valence electrons. The zero-order valence-corrected chi connectivity index (χ0v) is 29.7. The number of Topliss-reactive ketones (excluding diaryl/α,β-unsaturated/α-hetero) is 2. The van der Waals surface area contributed by atoms with Crippen molar-refractivity contribution >= 4 is 22.9 Å². The topological polar surface area (TPSA) is 34.1 Å². The van der Waals surface area contributed by atoms with E-state index in [1.807, 2.05) is 12.3 Å². The number of ketones is 2. The minimum atomic E-state index is 0.0504. The smallest absolute Gasteiger partial charge is 0.200 e. The Balaban J connectivity index is 1.48. The number of carbonyl (C=O) groups excluding carboxylic acids is 2. The number of hydrogen-bond donors (Lipinski definition) is 0. The van der Waals surface area contributed by atoms with Gasteiger partial charge in [-0.3, -0.25) is 9.59 Å². The van der Waals surface area contributed by atoms with Crippen LogP contribution in [-0.2, 0) is 0 Å². The molecular weight excluding hydrogens is 532 g/mol. The quantitative estimate of drug-likeness (QED) is 0.126. The minimum absolute atomic E-state index is 0.0504. The molecule has 0 saturated heterocycles. The van der Waals surface area contributed by atoms with Crippen LogP contribution in [0.4, 0.5) is 0 Å². The molecule has 1 heterocycles. The van der Waals surface area contributed by atoms with Crippen molar-refractivity contribution < 1.29 is 9.59 Å². The van der Waals surface area contributed by atoms with E-state index in [1.165, 1.54) is 108 Å². The van der Waals surface area contributed by atoms with Crippen molar-refractivity contribution in [2.24, 2.45) is 35.5 Å². The van der Waals surface area contributed by atoms with Gasteiger partial charge in [-0.05, 0) is 66.7 Å². The molecule has 0 aliphatic heterocycles. The highest BCUT2D eigenvalue weighted by Crippen LogP contribution is 2.33. The van der Waals surface area contributed by atoms with Crippen LogP contribution in [0, 0.1) is 35.5 Å². The molecule has 0 unspecified atom stereocenters. The lowest BCUT2D eigenvalue weighted by Gasteiger charge is -2.19. The summed E-state index contributed by atoms with van der Waals surface area (Å²) in [5.41, 5.74) is 2.04. The maximum atomic E-state index is 12.9. The average Bonchev–Trinajstić information content (AvgIpc) is 3.42. The SMILES string of the molecule is CC1=C(CC[C@@H](C)CCC[C@@H](C)CCC[C@@H](C)CCC[C@@H](C)CCC[C@@H](C)CCCC(C)C)C(=O)c2sccc2C1=O. The van der Waals surface area contributed by atoms with Crippen LogP contribution < -0.4 is 0 Å². The Labute approximate surface area is 264 Å². The number of thiophene rings is 1. The first-order chi connectivity index (χ1) is 20.0. The lowest BCUT2D eigenvalue weighted by atomic mass is 9.85. The number of allylic oxidation sites excluding steroid dienone is 2. The molecule has 0 saturated carbocycles. The minimum Gasteiger partial charge on any atom is -0.289 e. The van der Waals surface area contributed by atoms with Crippen molar-refractivity contribution in [2.45, 2.75) is 165 Å². The second-order valence-corrected chi connectivity index (χ2v) is 16.0. The van der Waals surface area contributed by atoms with Crippen LogP contribution in [0.15, 0.2) is 22.6 Å². The molecule has 42 heavy (non-hydrogen) atoms. The molecule has 1 aromatic rings. The van der Waals surface area contributed by atoms with Gasteiger partial charge in [-0.1, -0.05) is 145 Å². The fraction of sp³-hybridized carbons (Fsp3) is 0.795. The monoisotopic (exact) mass is 598 g/mol. The van der Waals surface area contributed by atoms with Gasteiger partial charge in [0.05, 0.1) is 4.88 Å². The van der Waals surface area contributed by atoms with E-state index in [0.717, 1.165) is 48.0 Å². The Kier molecular flexibility index (Phi) is 17.5. The Morgan fingerprint density at radius 3 is 1.33 bits per heavy atom. The molecule has 3 heteroatoms. The fourth-order valence-electron chi connectivity index (χ4n) is 6.86. The van der Waals surface area contributed by atoms with Crippen molar-refractivity contribution in [2.75, 3.05) is 0 Å². The third kappa shape index (κ3) is 13.6. The van der Waals surface area contributed by atoms with E-state index in [2.05, 4.69) is 48.5 Å². The van der Waals surface area contributed by atoms with Gasteiger partial charge in [-0.2, -0.15) is 0 Å². The molecule has 1 aromatic heterocycles. The average molecular weight is 599 g/mol. The Bertz CT molecular complexity index is 953. The van der Waals surface area contributed by atoms with E-state index in [1.54, 1.807) is 6.07 Å². The summed E-state index contributed by atoms with van der Waals surface area (Å²) in [5.74, 6) is 5.05. The van der Waals surface area contributed by atoms with Crippen LogP contribution in [0.5, 0.6) is 0 Å². The van der Waals surface area contributed by atoms with Crippen LogP contribution in [0.3, 0.4) is 0 Å². The van der Waals surface area contributed by atoms with Gasteiger partial charge in [0.25, 0.3) is 0 Å². The van der Waals surface area contributed by atoms with Gasteiger partial charge in [0.15, 0.2) is 11.6 Å². The van der Waals surface area contributed by atoms with Gasteiger partial charge in [0, 0.05) is 16.7 Å². The summed E-state index contributed by atoms with van der Waals surface area (Å²) in [7, 11) is 0. The molecule has 0 fully saturated rings. The maximum Gasteiger partial charge on any atom is 0.200 e. The molecule has 0 N–H and O–H groups in total. The van der Waals surface area contributed by atoms with Crippen LogP contribution in [0.1, 0.15) is 185 Å². The standard InChI is InChI=1S/C39H66O2S/c1-28(2)14-9-15-29(3)16-10-17-30(4)18-11-19-31(5)20-12-21-32(6)22-13-23-33(7)24-25-35-34(8)37(40)36-26-27-42-39(36)38(35)41/h26-33H,9-25H2,1-8H3/t29-,30-,31-,32-,33-/m0/s1. The van der Waals surface area contributed by atoms with Crippen LogP contribution in [0.2, 0.25) is 0 Å². The first kappa shape index (κ1) is 37.0. The van der Waals surface area contributed by atoms with Gasteiger partial charge in [0.1, 0.15) is 0 Å². The van der Waals surface area contributed by atoms with Gasteiger partial charge in [0.2, 0.25) is 0 Å². The summed E-state index contributed by atoms with van der Waals surface area (Å²) < 4.78 is 0. The van der Waals surface area contributed by atoms with Crippen LogP contribution in [-0.4, -0.2) is 11.6 Å². The summed E-state index contributed by atoms with van der Waals surface area (Å²) in [5, 5.41) is 1.86. The van der Waals surface area contributed by atoms with Gasteiger partial charge < -0.3 is 0 Å². The summed E-state index contributed by atoms with van der Waals surface area (Å²) in [6.07, 6.45) is 22.4. The van der Waals surface area contributed by atoms with Crippen molar-refractivity contribution in [1.29, 1.82) is 0 Å². The molecule has 0 spiro atoms. The summed E-state index contributed by atoms with van der Waals surface area (Å²) in [6, 6.07) is 1.80. The number of hydrogen-bond acceptors (Lipinski definition) is 3. The lowest BCUT2D eigenvalue weighted by molar-refractivity contribution is 0.0974. The predicted molar refractivity (Wildman–Crippen MR) is 185 cm³/mol. The normalized spacial score (nSPS) is 17.5. The summed E-state index contributed by atoms with van der Waals surface area (Å²) >= 11 is 1.41. The van der Waals surface area contributed by atoms with Crippen molar-refractivity contribution in [1.82, 2.24) is 0 Å². The third-order valence-electron chi connectivity index (χ3n) is 10.1. The van der Waals surface area contributed by atoms with Crippen molar-refractivity contribution in [3.63, 3.8) is 0 Å². The third-order valence-corrected chi connectivity index (χ3v) is 11.0. The maximum absolute atomic E-state index is 12.9. The van der Waals surface area contributed by atoms with E-state index < -0.39 is 0 Å². The highest BCUT2D eigenvalue weighted by Gasteiger charge is 2.30. The summed E-state index contributed by atoms with van der Waals surface area (Å²) in [4.78, 5) is 26.2. The lowest BCUT2D eigenvalue weighted by Crippen LogP contribution is -2.19. The van der Waals surface area contributed by atoms with E-state index in [0.29, 0.717) is 21.9 Å². The number of rotatable bonds is 23. The van der Waals surface area contributed by atoms with Gasteiger partial charge in [-0.25, -0.2) is 0 Å². The van der Waals surface area contributed by atoms with Gasteiger partial charge >= 0.3 is 0 Å². The molecule has 0 radical (unpaired) electrons. The van der Waals surface area contributed by atoms with Crippen LogP contribution in [0.25, 0.3) is 0 Å². The molecule has 1 aliphatic rings. The number of carbonyl (C=O) groups is 2. The zero-order chi connectivity index (χ0) is 31.1. The highest BCUT2D eigenvalue weighted by atomic mass is 32.1. The zero-order valence-electron chi connectivity index (χ0n) is 28.9. The molecule has 5 atom stereocenters. The molecule has 2 nitrogen and oxygen atoms in total. The Hall–Kier alpha value is -1.22. The molecule has 0 bridgehead atoms. The Morgan fingerprint density at radius 1 is 0.548 bits per heavy atom. The molecule has 0 amide bonds. The van der Waals surface area contributed by atoms with E-state index >= 15 is 0 Å². The first-order valence-electron chi connectivity index (χ1n) is 17.9. The van der Waals surface area contributed by atoms with Crippen molar-refractivity contribution in [3.05, 3.63) is 33.0 Å². The molecule has 1 aliphatic carbocycles. The van der Waals surface area contributed by atoms with Crippen molar-refractivity contribution in [3.8, 4) is 0 Å². The second kappa shape index (κ2) is 19.9. The molecular formula is C39H66O2S. The highest BCUT2D eigenvalue weighted by molar-refractivity contribution is 7.12. The largest absolute Gasteiger partial charge is 0.289 e. The summed E-state index contributed by atoms with van der Waals surface area (Å²) in [6.45, 7) is 18.7. The molecule has 2 rings (SSSR count). The number of fused-ring (bicyclic) bond motifs is 1. The second-order valence-electron chi connectivity index (χ2n) is 15.0. The Morgan fingerprint density at radius 2 is 0.929 bits per heavy atom.